The first-order valence-electron chi connectivity index (χ1n) is 11.2. The second kappa shape index (κ2) is 8.92. The van der Waals surface area contributed by atoms with Gasteiger partial charge in [0.05, 0.1) is 17.0 Å². The lowest BCUT2D eigenvalue weighted by molar-refractivity contribution is -0.146. The SMILES string of the molecule is CC1CC(C(=O)NC23CCC(NC(=O)COC4CCC(Cl)C(F)C4)(CC2)C(=O)C3)ON1. The number of hydrogen-bond acceptors (Lipinski definition) is 6. The van der Waals surface area contributed by atoms with E-state index in [4.69, 9.17) is 21.2 Å². The summed E-state index contributed by atoms with van der Waals surface area (Å²) in [7, 11) is 0. The number of amides is 2. The van der Waals surface area contributed by atoms with E-state index >= 15 is 0 Å². The van der Waals surface area contributed by atoms with Crippen molar-refractivity contribution in [3.8, 4) is 0 Å². The van der Waals surface area contributed by atoms with E-state index in [9.17, 15) is 18.8 Å². The molecule has 0 aromatic rings. The summed E-state index contributed by atoms with van der Waals surface area (Å²) in [6.07, 6.45) is 2.27. The first-order valence-corrected chi connectivity index (χ1v) is 11.6. The maximum Gasteiger partial charge on any atom is 0.251 e. The van der Waals surface area contributed by atoms with Crippen molar-refractivity contribution in [3.63, 3.8) is 0 Å². The third kappa shape index (κ3) is 4.89. The molecule has 10 heteroatoms. The molecule has 5 rings (SSSR count). The van der Waals surface area contributed by atoms with E-state index in [0.29, 0.717) is 44.9 Å². The minimum atomic E-state index is -1.13. The van der Waals surface area contributed by atoms with E-state index in [1.165, 1.54) is 0 Å². The summed E-state index contributed by atoms with van der Waals surface area (Å²) in [4.78, 5) is 43.3. The molecule has 2 bridgehead atoms. The zero-order valence-corrected chi connectivity index (χ0v) is 18.5. The lowest BCUT2D eigenvalue weighted by Gasteiger charge is -2.52. The van der Waals surface area contributed by atoms with Crippen molar-refractivity contribution >= 4 is 29.2 Å². The van der Waals surface area contributed by atoms with Crippen LogP contribution in [0.15, 0.2) is 0 Å². The van der Waals surface area contributed by atoms with Crippen LogP contribution in [-0.2, 0) is 24.0 Å². The van der Waals surface area contributed by atoms with Gasteiger partial charge in [-0.3, -0.25) is 19.2 Å². The van der Waals surface area contributed by atoms with Crippen LogP contribution in [0.1, 0.15) is 64.7 Å². The molecule has 1 aliphatic heterocycles. The van der Waals surface area contributed by atoms with Crippen molar-refractivity contribution in [1.82, 2.24) is 16.1 Å². The van der Waals surface area contributed by atoms with Gasteiger partial charge in [0.1, 0.15) is 12.8 Å². The Morgan fingerprint density at radius 3 is 2.58 bits per heavy atom. The van der Waals surface area contributed by atoms with E-state index < -0.39 is 28.7 Å². The van der Waals surface area contributed by atoms with Crippen LogP contribution in [0.4, 0.5) is 4.39 Å². The molecule has 1 saturated heterocycles. The molecule has 4 aliphatic carbocycles. The largest absolute Gasteiger partial charge is 0.368 e. The van der Waals surface area contributed by atoms with Gasteiger partial charge in [0, 0.05) is 30.8 Å². The minimum absolute atomic E-state index is 0.0658. The quantitative estimate of drug-likeness (QED) is 0.519. The number of hydrogen-bond donors (Lipinski definition) is 3. The Morgan fingerprint density at radius 2 is 1.97 bits per heavy atom. The van der Waals surface area contributed by atoms with Gasteiger partial charge in [-0.15, -0.1) is 11.6 Å². The standard InChI is InChI=1S/C21H31ClFN3O5/c1-12-8-16(31-26-12)19(29)25-20-4-6-21(7-5-20,17(27)10-20)24-18(28)11-30-13-2-3-14(22)15(23)9-13/h12-16,26H,2-11H2,1H3,(H,24,28)(H,25,29). The summed E-state index contributed by atoms with van der Waals surface area (Å²) >= 11 is 5.88. The summed E-state index contributed by atoms with van der Waals surface area (Å²) < 4.78 is 19.3. The zero-order chi connectivity index (χ0) is 22.2. The average Bonchev–Trinajstić information content (AvgIpc) is 3.17. The van der Waals surface area contributed by atoms with Crippen molar-refractivity contribution in [2.24, 2.45) is 0 Å². The van der Waals surface area contributed by atoms with Gasteiger partial charge in [0.15, 0.2) is 11.9 Å². The Balaban J connectivity index is 1.27. The predicted molar refractivity (Wildman–Crippen MR) is 110 cm³/mol. The van der Waals surface area contributed by atoms with Crippen molar-refractivity contribution in [2.45, 2.75) is 106 Å². The Morgan fingerprint density at radius 1 is 1.23 bits per heavy atom. The van der Waals surface area contributed by atoms with E-state index in [-0.39, 0.29) is 49.2 Å². The first-order chi connectivity index (χ1) is 14.7. The van der Waals surface area contributed by atoms with Crippen LogP contribution in [0.2, 0.25) is 0 Å². The zero-order valence-electron chi connectivity index (χ0n) is 17.8. The molecular formula is C21H31ClFN3O5. The van der Waals surface area contributed by atoms with Gasteiger partial charge in [-0.2, -0.15) is 5.48 Å². The summed E-state index contributed by atoms with van der Waals surface area (Å²) in [5.74, 6) is -0.632. The van der Waals surface area contributed by atoms with Gasteiger partial charge in [0.25, 0.3) is 5.91 Å². The second-order valence-corrected chi connectivity index (χ2v) is 10.2. The number of hydroxylamine groups is 1. The average molecular weight is 460 g/mol. The Labute approximate surface area is 186 Å². The van der Waals surface area contributed by atoms with Crippen molar-refractivity contribution in [2.75, 3.05) is 6.61 Å². The summed E-state index contributed by atoms with van der Waals surface area (Å²) in [6, 6.07) is 0.110. The van der Waals surface area contributed by atoms with Gasteiger partial charge in [-0.05, 0) is 45.4 Å². The van der Waals surface area contributed by atoms with Gasteiger partial charge in [-0.25, -0.2) is 4.39 Å². The Hall–Kier alpha value is -1.29. The number of carbonyl (C=O) groups excluding carboxylic acids is 3. The number of rotatable bonds is 6. The normalized spacial score (nSPS) is 42.4. The topological polar surface area (TPSA) is 106 Å². The van der Waals surface area contributed by atoms with Gasteiger partial charge < -0.3 is 15.4 Å². The molecule has 2 amide bonds. The molecule has 8 nitrogen and oxygen atoms in total. The molecule has 5 aliphatic rings. The molecule has 0 aromatic heterocycles. The predicted octanol–water partition coefficient (Wildman–Crippen LogP) is 1.44. The molecule has 31 heavy (non-hydrogen) atoms. The van der Waals surface area contributed by atoms with Crippen LogP contribution < -0.4 is 16.1 Å². The van der Waals surface area contributed by atoms with Crippen molar-refractivity contribution in [3.05, 3.63) is 0 Å². The van der Waals surface area contributed by atoms with Crippen LogP contribution in [0.5, 0.6) is 0 Å². The Kier molecular flexibility index (Phi) is 6.59. The molecule has 5 fully saturated rings. The van der Waals surface area contributed by atoms with Crippen LogP contribution in [-0.4, -0.2) is 65.1 Å². The fourth-order valence-corrected chi connectivity index (χ4v) is 5.49. The highest BCUT2D eigenvalue weighted by molar-refractivity contribution is 6.21. The highest BCUT2D eigenvalue weighted by Crippen LogP contribution is 2.45. The van der Waals surface area contributed by atoms with Crippen molar-refractivity contribution < 1.29 is 28.3 Å². The van der Waals surface area contributed by atoms with Gasteiger partial charge >= 0.3 is 0 Å². The number of carbonyl (C=O) groups is 3. The van der Waals surface area contributed by atoms with Gasteiger partial charge in [0.2, 0.25) is 5.91 Å². The van der Waals surface area contributed by atoms with Crippen molar-refractivity contribution in [1.29, 1.82) is 0 Å². The number of ether oxygens (including phenoxy) is 1. The molecule has 5 atom stereocenters. The molecule has 0 spiro atoms. The number of halogens is 2. The molecule has 5 unspecified atom stereocenters. The van der Waals surface area contributed by atoms with E-state index in [1.54, 1.807) is 0 Å². The Bertz CT molecular complexity index is 730. The fourth-order valence-electron chi connectivity index (χ4n) is 5.26. The third-order valence-electron chi connectivity index (χ3n) is 7.23. The first kappa shape index (κ1) is 22.9. The lowest BCUT2D eigenvalue weighted by Crippen LogP contribution is -2.69. The van der Waals surface area contributed by atoms with Crippen LogP contribution in [0.3, 0.4) is 0 Å². The number of fused-ring (bicyclic) bond motifs is 3. The van der Waals surface area contributed by atoms with E-state index in [1.807, 2.05) is 6.92 Å². The number of alkyl halides is 2. The highest BCUT2D eigenvalue weighted by atomic mass is 35.5. The lowest BCUT2D eigenvalue weighted by atomic mass is 9.60. The van der Waals surface area contributed by atoms with Crippen LogP contribution in [0, 0.1) is 0 Å². The molecule has 0 radical (unpaired) electrons. The number of Topliss-reactive ketones (excluding diaryl/α,β-unsaturated/α-hetero) is 1. The molecule has 4 saturated carbocycles. The molecule has 3 N–H and O–H groups in total. The maximum atomic E-state index is 13.7. The second-order valence-electron chi connectivity index (χ2n) is 9.64. The van der Waals surface area contributed by atoms with Crippen LogP contribution >= 0.6 is 11.6 Å². The maximum absolute atomic E-state index is 13.7. The summed E-state index contributed by atoms with van der Waals surface area (Å²) in [6.45, 7) is 1.74. The van der Waals surface area contributed by atoms with E-state index in [2.05, 4.69) is 16.1 Å². The molecule has 0 aromatic carbocycles. The summed E-state index contributed by atoms with van der Waals surface area (Å²) in [5.41, 5.74) is 1.32. The third-order valence-corrected chi connectivity index (χ3v) is 7.72. The monoisotopic (exact) mass is 459 g/mol. The fraction of sp³-hybridized carbons (Fsp3) is 0.857. The molecule has 1 heterocycles. The number of nitrogens with one attached hydrogen (secondary N) is 3. The van der Waals surface area contributed by atoms with Gasteiger partial charge in [-0.1, -0.05) is 0 Å². The number of ketones is 1. The molecular weight excluding hydrogens is 429 g/mol. The highest BCUT2D eigenvalue weighted by Gasteiger charge is 2.55. The smallest absolute Gasteiger partial charge is 0.251 e. The van der Waals surface area contributed by atoms with E-state index in [0.717, 1.165) is 0 Å². The molecule has 174 valence electrons. The minimum Gasteiger partial charge on any atom is -0.368 e. The summed E-state index contributed by atoms with van der Waals surface area (Å²) in [5, 5.41) is 5.44. The van der Waals surface area contributed by atoms with Crippen LogP contribution in [0.25, 0.3) is 0 Å².